The average Bonchev–Trinajstić information content (AvgIpc) is 2.83. The van der Waals surface area contributed by atoms with Crippen LogP contribution in [0.1, 0.15) is 38.4 Å². The molecule has 1 aliphatic heterocycles. The van der Waals surface area contributed by atoms with Gasteiger partial charge in [0.2, 0.25) is 0 Å². The third-order valence-electron chi connectivity index (χ3n) is 3.07. The molecule has 2 heterocycles. The molecule has 1 aliphatic rings. The van der Waals surface area contributed by atoms with Crippen LogP contribution in [-0.2, 0) is 0 Å². The SMILES string of the molecule is CC(C)n1c(C#N)cc(N)c1N1CCCC1. The van der Waals surface area contributed by atoms with Crippen LogP contribution in [0.2, 0.25) is 0 Å². The number of hydrogen-bond donors (Lipinski definition) is 1. The molecule has 0 saturated carbocycles. The van der Waals surface area contributed by atoms with Crippen LogP contribution in [0.15, 0.2) is 6.07 Å². The molecule has 0 aromatic carbocycles. The summed E-state index contributed by atoms with van der Waals surface area (Å²) in [5.41, 5.74) is 7.41. The van der Waals surface area contributed by atoms with Gasteiger partial charge in [0.25, 0.3) is 0 Å². The maximum absolute atomic E-state index is 9.10. The van der Waals surface area contributed by atoms with Crippen molar-refractivity contribution >= 4 is 11.5 Å². The van der Waals surface area contributed by atoms with E-state index in [1.54, 1.807) is 6.07 Å². The molecule has 16 heavy (non-hydrogen) atoms. The van der Waals surface area contributed by atoms with Crippen LogP contribution in [0, 0.1) is 11.3 Å². The van der Waals surface area contributed by atoms with Crippen LogP contribution in [0.25, 0.3) is 0 Å². The summed E-state index contributed by atoms with van der Waals surface area (Å²) in [6.07, 6.45) is 2.43. The van der Waals surface area contributed by atoms with E-state index in [0.717, 1.165) is 24.6 Å². The lowest BCUT2D eigenvalue weighted by Crippen LogP contribution is -2.23. The number of nitriles is 1. The molecule has 1 aromatic heterocycles. The van der Waals surface area contributed by atoms with Gasteiger partial charge in [-0.15, -0.1) is 0 Å². The van der Waals surface area contributed by atoms with Gasteiger partial charge in [-0.1, -0.05) is 0 Å². The van der Waals surface area contributed by atoms with Crippen molar-refractivity contribution < 1.29 is 0 Å². The first-order chi connectivity index (χ1) is 7.65. The summed E-state index contributed by atoms with van der Waals surface area (Å²) in [6.45, 7) is 6.26. The minimum absolute atomic E-state index is 0.266. The summed E-state index contributed by atoms with van der Waals surface area (Å²) in [5.74, 6) is 1.03. The number of nitrogens with zero attached hydrogens (tertiary/aromatic N) is 3. The van der Waals surface area contributed by atoms with E-state index in [-0.39, 0.29) is 6.04 Å². The summed E-state index contributed by atoms with van der Waals surface area (Å²) in [4.78, 5) is 2.29. The quantitative estimate of drug-likeness (QED) is 0.827. The Morgan fingerprint density at radius 3 is 2.50 bits per heavy atom. The van der Waals surface area contributed by atoms with Crippen LogP contribution in [-0.4, -0.2) is 17.7 Å². The number of nitrogen functional groups attached to an aromatic ring is 1. The molecule has 0 aliphatic carbocycles. The topological polar surface area (TPSA) is 58.0 Å². The predicted molar refractivity (Wildman–Crippen MR) is 65.4 cm³/mol. The van der Waals surface area contributed by atoms with Crippen molar-refractivity contribution in [2.24, 2.45) is 0 Å². The van der Waals surface area contributed by atoms with Crippen molar-refractivity contribution in [3.63, 3.8) is 0 Å². The first-order valence-electron chi connectivity index (χ1n) is 5.81. The highest BCUT2D eigenvalue weighted by Gasteiger charge is 2.22. The highest BCUT2D eigenvalue weighted by atomic mass is 15.3. The van der Waals surface area contributed by atoms with E-state index in [9.17, 15) is 0 Å². The fourth-order valence-electron chi connectivity index (χ4n) is 2.41. The van der Waals surface area contributed by atoms with Gasteiger partial charge in [0.15, 0.2) is 0 Å². The zero-order chi connectivity index (χ0) is 11.7. The molecule has 4 nitrogen and oxygen atoms in total. The summed E-state index contributed by atoms with van der Waals surface area (Å²) >= 11 is 0. The van der Waals surface area contributed by atoms with E-state index in [1.165, 1.54) is 12.8 Å². The number of rotatable bonds is 2. The highest BCUT2D eigenvalue weighted by molar-refractivity contribution is 5.68. The maximum Gasteiger partial charge on any atom is 0.133 e. The average molecular weight is 218 g/mol. The van der Waals surface area contributed by atoms with E-state index in [4.69, 9.17) is 11.0 Å². The lowest BCUT2D eigenvalue weighted by atomic mass is 10.3. The summed E-state index contributed by atoms with van der Waals surface area (Å²) in [5, 5.41) is 9.10. The smallest absolute Gasteiger partial charge is 0.133 e. The van der Waals surface area contributed by atoms with E-state index in [2.05, 4.69) is 24.8 Å². The predicted octanol–water partition coefficient (Wildman–Crippen LogP) is 2.12. The van der Waals surface area contributed by atoms with Gasteiger partial charge in [-0.25, -0.2) is 0 Å². The van der Waals surface area contributed by atoms with Gasteiger partial charge in [-0.3, -0.25) is 0 Å². The Morgan fingerprint density at radius 2 is 2.00 bits per heavy atom. The lowest BCUT2D eigenvalue weighted by molar-refractivity contribution is 0.592. The van der Waals surface area contributed by atoms with Gasteiger partial charge in [-0.2, -0.15) is 5.26 Å². The zero-order valence-electron chi connectivity index (χ0n) is 9.90. The van der Waals surface area contributed by atoms with Gasteiger partial charge in [-0.05, 0) is 32.8 Å². The van der Waals surface area contributed by atoms with Crippen LogP contribution >= 0.6 is 0 Å². The molecule has 2 N–H and O–H groups in total. The van der Waals surface area contributed by atoms with Gasteiger partial charge in [0, 0.05) is 19.1 Å². The minimum Gasteiger partial charge on any atom is -0.396 e. The Hall–Kier alpha value is -1.63. The second-order valence-electron chi connectivity index (χ2n) is 4.58. The van der Waals surface area contributed by atoms with Crippen LogP contribution in [0.4, 0.5) is 11.5 Å². The lowest BCUT2D eigenvalue weighted by Gasteiger charge is -2.23. The normalized spacial score (nSPS) is 15.8. The number of aromatic nitrogens is 1. The monoisotopic (exact) mass is 218 g/mol. The minimum atomic E-state index is 0.266. The molecule has 0 radical (unpaired) electrons. The maximum atomic E-state index is 9.10. The molecule has 0 atom stereocenters. The summed E-state index contributed by atoms with van der Waals surface area (Å²) < 4.78 is 2.04. The van der Waals surface area contributed by atoms with E-state index in [1.807, 2.05) is 4.57 Å². The fourth-order valence-corrected chi connectivity index (χ4v) is 2.41. The van der Waals surface area contributed by atoms with Crippen molar-refractivity contribution in [3.8, 4) is 6.07 Å². The Bertz CT molecular complexity index is 419. The van der Waals surface area contributed by atoms with Gasteiger partial charge >= 0.3 is 0 Å². The third-order valence-corrected chi connectivity index (χ3v) is 3.07. The summed E-state index contributed by atoms with van der Waals surface area (Å²) in [7, 11) is 0. The zero-order valence-corrected chi connectivity index (χ0v) is 9.90. The standard InChI is InChI=1S/C12H18N4/c1-9(2)16-10(8-13)7-11(14)12(16)15-5-3-4-6-15/h7,9H,3-6,14H2,1-2H3. The van der Waals surface area contributed by atoms with Crippen molar-refractivity contribution in [3.05, 3.63) is 11.8 Å². The van der Waals surface area contributed by atoms with Crippen molar-refractivity contribution in [1.29, 1.82) is 5.26 Å². The first-order valence-corrected chi connectivity index (χ1v) is 5.81. The molecule has 1 fully saturated rings. The molecule has 2 rings (SSSR count). The molecule has 1 saturated heterocycles. The van der Waals surface area contributed by atoms with E-state index in [0.29, 0.717) is 5.69 Å². The number of hydrogen-bond acceptors (Lipinski definition) is 3. The summed E-state index contributed by atoms with van der Waals surface area (Å²) in [6, 6.07) is 4.27. The molecular weight excluding hydrogens is 200 g/mol. The molecular formula is C12H18N4. The van der Waals surface area contributed by atoms with Crippen LogP contribution in [0.5, 0.6) is 0 Å². The number of anilines is 2. The Kier molecular flexibility index (Phi) is 2.78. The van der Waals surface area contributed by atoms with Crippen molar-refractivity contribution in [1.82, 2.24) is 4.57 Å². The van der Waals surface area contributed by atoms with Crippen LogP contribution < -0.4 is 10.6 Å². The van der Waals surface area contributed by atoms with Gasteiger partial charge in [0.1, 0.15) is 17.6 Å². The number of nitrogens with two attached hydrogens (primary N) is 1. The van der Waals surface area contributed by atoms with Gasteiger partial charge < -0.3 is 15.2 Å². The van der Waals surface area contributed by atoms with Crippen molar-refractivity contribution in [2.75, 3.05) is 23.7 Å². The van der Waals surface area contributed by atoms with E-state index < -0.39 is 0 Å². The highest BCUT2D eigenvalue weighted by Crippen LogP contribution is 2.33. The molecule has 0 unspecified atom stereocenters. The second-order valence-corrected chi connectivity index (χ2v) is 4.58. The Labute approximate surface area is 96.3 Å². The Balaban J connectivity index is 2.50. The molecule has 0 bridgehead atoms. The molecule has 0 spiro atoms. The Morgan fingerprint density at radius 1 is 1.38 bits per heavy atom. The first kappa shape index (κ1) is 10.9. The largest absolute Gasteiger partial charge is 0.396 e. The fraction of sp³-hybridized carbons (Fsp3) is 0.583. The molecule has 1 aromatic rings. The third kappa shape index (κ3) is 1.63. The van der Waals surface area contributed by atoms with Crippen molar-refractivity contribution in [2.45, 2.75) is 32.7 Å². The second kappa shape index (κ2) is 4.09. The molecule has 0 amide bonds. The van der Waals surface area contributed by atoms with Crippen LogP contribution in [0.3, 0.4) is 0 Å². The van der Waals surface area contributed by atoms with Gasteiger partial charge in [0.05, 0.1) is 5.69 Å². The molecule has 4 heteroatoms. The molecule has 86 valence electrons. The van der Waals surface area contributed by atoms with E-state index >= 15 is 0 Å².